The zero-order chi connectivity index (χ0) is 19.7. The summed E-state index contributed by atoms with van der Waals surface area (Å²) in [7, 11) is 0. The van der Waals surface area contributed by atoms with Crippen LogP contribution in [0.2, 0.25) is 0 Å². The van der Waals surface area contributed by atoms with Crippen molar-refractivity contribution in [2.24, 2.45) is 5.73 Å². The van der Waals surface area contributed by atoms with E-state index in [2.05, 4.69) is 49.1 Å². The maximum atomic E-state index is 6.36. The molecule has 1 aliphatic heterocycles. The zero-order valence-electron chi connectivity index (χ0n) is 16.3. The minimum absolute atomic E-state index is 0.0101. The summed E-state index contributed by atoms with van der Waals surface area (Å²) in [5, 5.41) is 1.08. The smallest absolute Gasteiger partial charge is 0.142 e. The van der Waals surface area contributed by atoms with Crippen molar-refractivity contribution in [1.82, 2.24) is 19.9 Å². The third-order valence-electron chi connectivity index (χ3n) is 6.23. The number of benzene rings is 1. The summed E-state index contributed by atoms with van der Waals surface area (Å²) in [5.41, 5.74) is 11.0. The number of anilines is 1. The highest BCUT2D eigenvalue weighted by Gasteiger charge is 2.36. The van der Waals surface area contributed by atoms with Crippen molar-refractivity contribution in [2.45, 2.75) is 18.3 Å². The number of nitrogens with zero attached hydrogens (tertiary/aromatic N) is 4. The molecule has 1 saturated heterocycles. The first-order valence-corrected chi connectivity index (χ1v) is 10.0. The Balaban J connectivity index is 1.42. The number of hydrogen-bond donors (Lipinski definition) is 2. The number of H-pyrrole nitrogens is 1. The van der Waals surface area contributed by atoms with Crippen LogP contribution in [-0.4, -0.2) is 39.6 Å². The van der Waals surface area contributed by atoms with Crippen LogP contribution in [0.4, 0.5) is 5.82 Å². The van der Waals surface area contributed by atoms with Gasteiger partial charge in [-0.25, -0.2) is 9.97 Å². The molecular weight excluding hydrogens is 360 g/mol. The first-order chi connectivity index (χ1) is 14.3. The second-order valence-electron chi connectivity index (χ2n) is 7.73. The van der Waals surface area contributed by atoms with E-state index in [1.165, 1.54) is 16.7 Å². The molecule has 0 amide bonds. The predicted octanol–water partition coefficient (Wildman–Crippen LogP) is 3.52. The Morgan fingerprint density at radius 1 is 1.00 bits per heavy atom. The number of rotatable bonds is 4. The van der Waals surface area contributed by atoms with Gasteiger partial charge in [0.25, 0.3) is 0 Å². The molecule has 3 aromatic heterocycles. The lowest BCUT2D eigenvalue weighted by Crippen LogP contribution is -2.47. The third-order valence-corrected chi connectivity index (χ3v) is 6.23. The number of fused-ring (bicyclic) bond motifs is 1. The Bertz CT molecular complexity index is 1110. The number of aromatic amines is 1. The van der Waals surface area contributed by atoms with Crippen LogP contribution in [0, 0.1) is 0 Å². The van der Waals surface area contributed by atoms with E-state index >= 15 is 0 Å². The number of hydrogen-bond acceptors (Lipinski definition) is 5. The minimum Gasteiger partial charge on any atom is -0.356 e. The van der Waals surface area contributed by atoms with Gasteiger partial charge in [0.15, 0.2) is 0 Å². The lowest BCUT2D eigenvalue weighted by atomic mass is 9.72. The molecule has 146 valence electrons. The summed E-state index contributed by atoms with van der Waals surface area (Å²) in [6, 6.07) is 15.0. The van der Waals surface area contributed by atoms with Crippen molar-refractivity contribution in [3.63, 3.8) is 0 Å². The molecule has 0 saturated carbocycles. The average Bonchev–Trinajstić information content (AvgIpc) is 3.29. The summed E-state index contributed by atoms with van der Waals surface area (Å²) in [6.45, 7) is 2.49. The van der Waals surface area contributed by atoms with E-state index in [-0.39, 0.29) is 5.41 Å². The van der Waals surface area contributed by atoms with E-state index in [1.807, 2.05) is 36.8 Å². The van der Waals surface area contributed by atoms with Gasteiger partial charge in [0.1, 0.15) is 17.8 Å². The average molecular weight is 384 g/mol. The zero-order valence-corrected chi connectivity index (χ0v) is 16.3. The van der Waals surface area contributed by atoms with Crippen LogP contribution < -0.4 is 10.6 Å². The monoisotopic (exact) mass is 384 g/mol. The van der Waals surface area contributed by atoms with Gasteiger partial charge in [0.05, 0.1) is 5.39 Å². The van der Waals surface area contributed by atoms with Gasteiger partial charge in [-0.05, 0) is 47.7 Å². The molecule has 1 fully saturated rings. The summed E-state index contributed by atoms with van der Waals surface area (Å²) in [4.78, 5) is 18.5. The Labute approximate surface area is 169 Å². The quantitative estimate of drug-likeness (QED) is 0.562. The van der Waals surface area contributed by atoms with Crippen molar-refractivity contribution in [2.75, 3.05) is 24.5 Å². The Morgan fingerprint density at radius 2 is 1.83 bits per heavy atom. The largest absolute Gasteiger partial charge is 0.356 e. The van der Waals surface area contributed by atoms with E-state index in [0.717, 1.165) is 42.8 Å². The van der Waals surface area contributed by atoms with Gasteiger partial charge in [0, 0.05) is 43.6 Å². The van der Waals surface area contributed by atoms with Crippen molar-refractivity contribution in [3.05, 3.63) is 72.9 Å². The molecule has 0 spiro atoms. The highest BCUT2D eigenvalue weighted by Crippen LogP contribution is 2.38. The van der Waals surface area contributed by atoms with Crippen LogP contribution in [0.5, 0.6) is 0 Å². The van der Waals surface area contributed by atoms with Crippen molar-refractivity contribution >= 4 is 16.9 Å². The van der Waals surface area contributed by atoms with Crippen LogP contribution in [0.1, 0.15) is 18.4 Å². The van der Waals surface area contributed by atoms with Gasteiger partial charge < -0.3 is 15.6 Å². The Morgan fingerprint density at radius 3 is 2.62 bits per heavy atom. The number of aromatic nitrogens is 4. The van der Waals surface area contributed by atoms with Crippen LogP contribution in [0.3, 0.4) is 0 Å². The van der Waals surface area contributed by atoms with Gasteiger partial charge in [-0.2, -0.15) is 0 Å². The Kier molecular flexibility index (Phi) is 4.48. The lowest BCUT2D eigenvalue weighted by molar-refractivity contribution is 0.339. The van der Waals surface area contributed by atoms with Gasteiger partial charge in [-0.15, -0.1) is 0 Å². The lowest BCUT2D eigenvalue weighted by Gasteiger charge is -2.42. The molecule has 29 heavy (non-hydrogen) atoms. The topological polar surface area (TPSA) is 83.7 Å². The highest BCUT2D eigenvalue weighted by molar-refractivity contribution is 5.87. The van der Waals surface area contributed by atoms with Crippen LogP contribution >= 0.6 is 0 Å². The number of pyridine rings is 1. The Hall–Kier alpha value is -3.25. The van der Waals surface area contributed by atoms with E-state index < -0.39 is 0 Å². The van der Waals surface area contributed by atoms with Gasteiger partial charge in [0.2, 0.25) is 0 Å². The summed E-state index contributed by atoms with van der Waals surface area (Å²) >= 11 is 0. The molecule has 6 nitrogen and oxygen atoms in total. The molecule has 0 radical (unpaired) electrons. The molecule has 3 N–H and O–H groups in total. The second-order valence-corrected chi connectivity index (χ2v) is 7.73. The molecule has 0 atom stereocenters. The van der Waals surface area contributed by atoms with Crippen molar-refractivity contribution in [3.8, 4) is 11.1 Å². The summed E-state index contributed by atoms with van der Waals surface area (Å²) < 4.78 is 0. The predicted molar refractivity (Wildman–Crippen MR) is 116 cm³/mol. The maximum absolute atomic E-state index is 6.36. The van der Waals surface area contributed by atoms with E-state index in [4.69, 9.17) is 5.73 Å². The first kappa shape index (κ1) is 17.8. The summed E-state index contributed by atoms with van der Waals surface area (Å²) in [5.74, 6) is 1.01. The van der Waals surface area contributed by atoms with Crippen LogP contribution in [0.25, 0.3) is 22.2 Å². The highest BCUT2D eigenvalue weighted by atomic mass is 15.2. The number of piperidine rings is 1. The van der Waals surface area contributed by atoms with Crippen molar-refractivity contribution < 1.29 is 0 Å². The fourth-order valence-electron chi connectivity index (χ4n) is 4.44. The third kappa shape index (κ3) is 3.15. The molecule has 6 heteroatoms. The fourth-order valence-corrected chi connectivity index (χ4v) is 4.44. The molecule has 0 unspecified atom stereocenters. The van der Waals surface area contributed by atoms with Crippen LogP contribution in [-0.2, 0) is 5.41 Å². The van der Waals surface area contributed by atoms with Gasteiger partial charge in [-0.3, -0.25) is 4.98 Å². The second kappa shape index (κ2) is 7.29. The summed E-state index contributed by atoms with van der Waals surface area (Å²) in [6.07, 6.45) is 9.22. The molecule has 4 aromatic rings. The molecular formula is C23H24N6. The number of nitrogens with two attached hydrogens (primary N) is 1. The molecule has 0 bridgehead atoms. The molecule has 1 aromatic carbocycles. The van der Waals surface area contributed by atoms with Gasteiger partial charge in [-0.1, -0.05) is 24.3 Å². The van der Waals surface area contributed by atoms with E-state index in [0.29, 0.717) is 6.54 Å². The van der Waals surface area contributed by atoms with Crippen LogP contribution in [0.15, 0.2) is 67.4 Å². The SMILES string of the molecule is NCC1(c2cccc(-c3ccncc3)c2)CCN(c2ncnc3[nH]ccc23)CC1. The van der Waals surface area contributed by atoms with Crippen molar-refractivity contribution in [1.29, 1.82) is 0 Å². The molecule has 5 rings (SSSR count). The molecule has 4 heterocycles. The van der Waals surface area contributed by atoms with E-state index in [1.54, 1.807) is 6.33 Å². The molecule has 1 aliphatic rings. The van der Waals surface area contributed by atoms with Gasteiger partial charge >= 0.3 is 0 Å². The standard InChI is InChI=1S/C23H24N6/c24-15-23(19-3-1-2-18(14-19)17-4-9-25-10-5-17)7-12-29(13-8-23)22-20-6-11-26-21(20)27-16-28-22/h1-6,9-11,14,16H,7-8,12-13,15,24H2,(H,26,27,28). The van der Waals surface area contributed by atoms with E-state index in [9.17, 15) is 0 Å². The fraction of sp³-hybridized carbons (Fsp3) is 0.261. The first-order valence-electron chi connectivity index (χ1n) is 10.0. The normalized spacial score (nSPS) is 16.2. The maximum Gasteiger partial charge on any atom is 0.142 e. The molecule has 0 aliphatic carbocycles. The number of nitrogens with one attached hydrogen (secondary N) is 1. The minimum atomic E-state index is -0.0101.